The Hall–Kier alpha value is -0.930. The summed E-state index contributed by atoms with van der Waals surface area (Å²) in [7, 11) is 1.95. The van der Waals surface area contributed by atoms with Crippen LogP contribution in [0.25, 0.3) is 0 Å². The molecule has 1 aromatic rings. The van der Waals surface area contributed by atoms with E-state index in [2.05, 4.69) is 4.90 Å². The molecule has 0 spiro atoms. The summed E-state index contributed by atoms with van der Waals surface area (Å²) in [5.74, 6) is -0.211. The van der Waals surface area contributed by atoms with Gasteiger partial charge in [0.05, 0.1) is 6.10 Å². The molecular formula is C11H14FNO. The van der Waals surface area contributed by atoms with Crippen molar-refractivity contribution < 1.29 is 9.50 Å². The number of halogens is 1. The molecule has 1 saturated heterocycles. The first-order valence-electron chi connectivity index (χ1n) is 4.80. The quantitative estimate of drug-likeness (QED) is 0.735. The Kier molecular flexibility index (Phi) is 2.52. The third-order valence-corrected chi connectivity index (χ3v) is 2.76. The van der Waals surface area contributed by atoms with Gasteiger partial charge in [0.25, 0.3) is 0 Å². The maximum absolute atomic E-state index is 13.0. The molecule has 0 bridgehead atoms. The van der Waals surface area contributed by atoms with Crippen molar-refractivity contribution in [1.82, 2.24) is 4.90 Å². The fourth-order valence-corrected chi connectivity index (χ4v) is 2.08. The van der Waals surface area contributed by atoms with E-state index in [1.807, 2.05) is 13.1 Å². The third-order valence-electron chi connectivity index (χ3n) is 2.76. The molecule has 2 nitrogen and oxygen atoms in total. The lowest BCUT2D eigenvalue weighted by Crippen LogP contribution is -2.19. The van der Waals surface area contributed by atoms with Crippen LogP contribution in [0, 0.1) is 5.82 Å². The summed E-state index contributed by atoms with van der Waals surface area (Å²) in [6.07, 6.45) is 0.410. The van der Waals surface area contributed by atoms with Crippen LogP contribution in [0.4, 0.5) is 4.39 Å². The van der Waals surface area contributed by atoms with E-state index in [9.17, 15) is 9.50 Å². The van der Waals surface area contributed by atoms with E-state index in [-0.39, 0.29) is 18.0 Å². The molecule has 0 saturated carbocycles. The summed E-state index contributed by atoms with van der Waals surface area (Å²) < 4.78 is 13.0. The summed E-state index contributed by atoms with van der Waals surface area (Å²) in [5, 5.41) is 9.47. The molecular weight excluding hydrogens is 181 g/mol. The van der Waals surface area contributed by atoms with Gasteiger partial charge in [0.15, 0.2) is 0 Å². The molecule has 76 valence electrons. The van der Waals surface area contributed by atoms with Gasteiger partial charge in [-0.05, 0) is 31.2 Å². The summed E-state index contributed by atoms with van der Waals surface area (Å²) in [6, 6.07) is 6.75. The summed E-state index contributed by atoms with van der Waals surface area (Å²) in [6.45, 7) is 0.668. The largest absolute Gasteiger partial charge is 0.392 e. The van der Waals surface area contributed by atoms with E-state index in [1.165, 1.54) is 6.07 Å². The van der Waals surface area contributed by atoms with Crippen LogP contribution in [-0.4, -0.2) is 29.7 Å². The van der Waals surface area contributed by atoms with Gasteiger partial charge in [-0.3, -0.25) is 4.90 Å². The average molecular weight is 195 g/mol. The van der Waals surface area contributed by atoms with Crippen LogP contribution in [-0.2, 0) is 0 Å². The average Bonchev–Trinajstić information content (AvgIpc) is 2.45. The molecule has 0 amide bonds. The minimum Gasteiger partial charge on any atom is -0.392 e. The van der Waals surface area contributed by atoms with Crippen molar-refractivity contribution in [3.8, 4) is 0 Å². The molecule has 0 aromatic heterocycles. The molecule has 1 fully saturated rings. The number of β-amino-alcohol motifs (C(OH)–C–C–N with tert-alkyl or cyclic N) is 1. The normalized spacial score (nSPS) is 28.2. The number of rotatable bonds is 1. The first-order valence-corrected chi connectivity index (χ1v) is 4.80. The van der Waals surface area contributed by atoms with E-state index >= 15 is 0 Å². The zero-order chi connectivity index (χ0) is 10.1. The first kappa shape index (κ1) is 9.62. The number of hydrogen-bond donors (Lipinski definition) is 1. The zero-order valence-electron chi connectivity index (χ0n) is 8.15. The Bertz CT molecular complexity index is 329. The van der Waals surface area contributed by atoms with E-state index in [0.717, 1.165) is 5.56 Å². The van der Waals surface area contributed by atoms with E-state index in [4.69, 9.17) is 0 Å². The second kappa shape index (κ2) is 3.67. The van der Waals surface area contributed by atoms with Crippen LogP contribution < -0.4 is 0 Å². The smallest absolute Gasteiger partial charge is 0.123 e. The Labute approximate surface area is 83.0 Å². The van der Waals surface area contributed by atoms with Crippen molar-refractivity contribution in [1.29, 1.82) is 0 Å². The standard InChI is InChI=1S/C11H14FNO/c1-13-7-10(14)6-11(13)8-3-2-4-9(12)5-8/h2-5,10-11,14H,6-7H2,1H3. The van der Waals surface area contributed by atoms with Crippen LogP contribution in [0.3, 0.4) is 0 Å². The van der Waals surface area contributed by atoms with Gasteiger partial charge in [0, 0.05) is 12.6 Å². The number of likely N-dealkylation sites (tertiary alicyclic amines) is 1. The number of aliphatic hydroxyl groups excluding tert-OH is 1. The molecule has 2 rings (SSSR count). The predicted molar refractivity (Wildman–Crippen MR) is 52.4 cm³/mol. The van der Waals surface area contributed by atoms with Gasteiger partial charge in [-0.2, -0.15) is 0 Å². The Morgan fingerprint density at radius 3 is 2.86 bits per heavy atom. The highest BCUT2D eigenvalue weighted by atomic mass is 19.1. The van der Waals surface area contributed by atoms with Crippen molar-refractivity contribution in [3.63, 3.8) is 0 Å². The molecule has 1 N–H and O–H groups in total. The molecule has 0 radical (unpaired) electrons. The van der Waals surface area contributed by atoms with Crippen molar-refractivity contribution in [3.05, 3.63) is 35.6 Å². The molecule has 3 heteroatoms. The van der Waals surface area contributed by atoms with Crippen molar-refractivity contribution in [2.75, 3.05) is 13.6 Å². The van der Waals surface area contributed by atoms with Crippen LogP contribution in [0.1, 0.15) is 18.0 Å². The summed E-state index contributed by atoms with van der Waals surface area (Å²) in [4.78, 5) is 2.06. The summed E-state index contributed by atoms with van der Waals surface area (Å²) >= 11 is 0. The Morgan fingerprint density at radius 2 is 2.29 bits per heavy atom. The van der Waals surface area contributed by atoms with Crippen LogP contribution in [0.15, 0.2) is 24.3 Å². The Balaban J connectivity index is 2.23. The number of aliphatic hydroxyl groups is 1. The van der Waals surface area contributed by atoms with Gasteiger partial charge >= 0.3 is 0 Å². The predicted octanol–water partition coefficient (Wildman–Crippen LogP) is 1.56. The van der Waals surface area contributed by atoms with Crippen molar-refractivity contribution in [2.45, 2.75) is 18.6 Å². The Morgan fingerprint density at radius 1 is 1.50 bits per heavy atom. The van der Waals surface area contributed by atoms with Crippen LogP contribution >= 0.6 is 0 Å². The molecule has 1 heterocycles. The van der Waals surface area contributed by atoms with Crippen LogP contribution in [0.5, 0.6) is 0 Å². The zero-order valence-corrected chi connectivity index (χ0v) is 8.15. The van der Waals surface area contributed by atoms with Gasteiger partial charge in [-0.25, -0.2) is 4.39 Å². The SMILES string of the molecule is CN1CC(O)CC1c1cccc(F)c1. The minimum atomic E-state index is -0.284. The van der Waals surface area contributed by atoms with Gasteiger partial charge in [0.2, 0.25) is 0 Å². The molecule has 2 atom stereocenters. The summed E-state index contributed by atoms with van der Waals surface area (Å²) in [5.41, 5.74) is 0.948. The minimum absolute atomic E-state index is 0.153. The molecule has 1 aliphatic rings. The lowest BCUT2D eigenvalue weighted by molar-refractivity contribution is 0.182. The second-order valence-electron chi connectivity index (χ2n) is 3.90. The molecule has 0 aliphatic carbocycles. The van der Waals surface area contributed by atoms with Crippen molar-refractivity contribution >= 4 is 0 Å². The first-order chi connectivity index (χ1) is 6.66. The number of nitrogens with zero attached hydrogens (tertiary/aromatic N) is 1. The maximum atomic E-state index is 13.0. The lowest BCUT2D eigenvalue weighted by Gasteiger charge is -2.19. The number of benzene rings is 1. The maximum Gasteiger partial charge on any atom is 0.123 e. The molecule has 1 aromatic carbocycles. The molecule has 1 aliphatic heterocycles. The highest BCUT2D eigenvalue weighted by Gasteiger charge is 2.29. The van der Waals surface area contributed by atoms with Gasteiger partial charge in [-0.15, -0.1) is 0 Å². The lowest BCUT2D eigenvalue weighted by atomic mass is 10.0. The van der Waals surface area contributed by atoms with E-state index in [1.54, 1.807) is 12.1 Å². The molecule has 2 unspecified atom stereocenters. The van der Waals surface area contributed by atoms with E-state index < -0.39 is 0 Å². The topological polar surface area (TPSA) is 23.5 Å². The van der Waals surface area contributed by atoms with Gasteiger partial charge < -0.3 is 5.11 Å². The fourth-order valence-electron chi connectivity index (χ4n) is 2.08. The third kappa shape index (κ3) is 1.79. The van der Waals surface area contributed by atoms with E-state index in [0.29, 0.717) is 13.0 Å². The second-order valence-corrected chi connectivity index (χ2v) is 3.90. The highest BCUT2D eigenvalue weighted by Crippen LogP contribution is 2.30. The van der Waals surface area contributed by atoms with Crippen LogP contribution in [0.2, 0.25) is 0 Å². The number of likely N-dealkylation sites (N-methyl/N-ethyl adjacent to an activating group) is 1. The van der Waals surface area contributed by atoms with Gasteiger partial charge in [0.1, 0.15) is 5.82 Å². The fraction of sp³-hybridized carbons (Fsp3) is 0.455. The van der Waals surface area contributed by atoms with Crippen molar-refractivity contribution in [2.24, 2.45) is 0 Å². The number of hydrogen-bond acceptors (Lipinski definition) is 2. The monoisotopic (exact) mass is 195 g/mol. The highest BCUT2D eigenvalue weighted by molar-refractivity contribution is 5.21. The van der Waals surface area contributed by atoms with Gasteiger partial charge in [-0.1, -0.05) is 12.1 Å². The molecule has 14 heavy (non-hydrogen) atoms.